The highest BCUT2D eigenvalue weighted by Crippen LogP contribution is 2.26. The number of benzene rings is 1. The van der Waals surface area contributed by atoms with Crippen LogP contribution < -0.4 is 10.2 Å². The van der Waals surface area contributed by atoms with Crippen molar-refractivity contribution in [1.82, 2.24) is 5.32 Å². The second-order valence-electron chi connectivity index (χ2n) is 5.78. The van der Waals surface area contributed by atoms with Crippen molar-refractivity contribution in [2.24, 2.45) is 5.92 Å². The van der Waals surface area contributed by atoms with Gasteiger partial charge in [-0.2, -0.15) is 0 Å². The number of nitrogens with zero attached hydrogens (tertiary/aromatic N) is 1. The SMILES string of the molecule is CC(C)NCc1ccccc1N1CCC(CO)CC1. The van der Waals surface area contributed by atoms with E-state index < -0.39 is 0 Å². The van der Waals surface area contributed by atoms with Gasteiger partial charge in [-0.25, -0.2) is 0 Å². The molecule has 2 rings (SSSR count). The second-order valence-corrected chi connectivity index (χ2v) is 5.78. The van der Waals surface area contributed by atoms with E-state index in [0.717, 1.165) is 32.5 Å². The molecule has 3 nitrogen and oxygen atoms in total. The maximum atomic E-state index is 9.22. The molecule has 3 heteroatoms. The first kappa shape index (κ1) is 14.4. The standard InChI is InChI=1S/C16H26N2O/c1-13(2)17-11-15-5-3-4-6-16(15)18-9-7-14(12-19)8-10-18/h3-6,13-14,17,19H,7-12H2,1-2H3. The molecule has 0 bridgehead atoms. The van der Waals surface area contributed by atoms with Gasteiger partial charge in [0.1, 0.15) is 0 Å². The van der Waals surface area contributed by atoms with Crippen molar-refractivity contribution < 1.29 is 5.11 Å². The van der Waals surface area contributed by atoms with E-state index in [9.17, 15) is 5.11 Å². The first-order valence-corrected chi connectivity index (χ1v) is 7.37. The maximum absolute atomic E-state index is 9.22. The third-order valence-corrected chi connectivity index (χ3v) is 3.91. The van der Waals surface area contributed by atoms with Crippen LogP contribution in [0, 0.1) is 5.92 Å². The summed E-state index contributed by atoms with van der Waals surface area (Å²) in [5.41, 5.74) is 2.73. The van der Waals surface area contributed by atoms with Crippen LogP contribution in [0.25, 0.3) is 0 Å². The van der Waals surface area contributed by atoms with Gasteiger partial charge >= 0.3 is 0 Å². The van der Waals surface area contributed by atoms with E-state index in [1.165, 1.54) is 11.3 Å². The maximum Gasteiger partial charge on any atom is 0.0460 e. The van der Waals surface area contributed by atoms with E-state index in [1.807, 2.05) is 0 Å². The predicted molar refractivity (Wildman–Crippen MR) is 80.4 cm³/mol. The van der Waals surface area contributed by atoms with E-state index in [1.54, 1.807) is 0 Å². The number of aliphatic hydroxyl groups excluding tert-OH is 1. The van der Waals surface area contributed by atoms with Gasteiger partial charge in [0.25, 0.3) is 0 Å². The third-order valence-electron chi connectivity index (χ3n) is 3.91. The number of aliphatic hydroxyl groups is 1. The number of rotatable bonds is 5. The van der Waals surface area contributed by atoms with Gasteiger partial charge in [-0.3, -0.25) is 0 Å². The summed E-state index contributed by atoms with van der Waals surface area (Å²) in [4.78, 5) is 2.46. The molecule has 1 aliphatic rings. The lowest BCUT2D eigenvalue weighted by atomic mass is 9.97. The molecule has 1 aliphatic heterocycles. The van der Waals surface area contributed by atoms with Gasteiger partial charge < -0.3 is 15.3 Å². The Morgan fingerprint density at radius 2 is 1.95 bits per heavy atom. The Labute approximate surface area is 116 Å². The summed E-state index contributed by atoms with van der Waals surface area (Å²) in [5, 5.41) is 12.7. The molecule has 2 N–H and O–H groups in total. The van der Waals surface area contributed by atoms with Crippen molar-refractivity contribution in [2.75, 3.05) is 24.6 Å². The molecule has 106 valence electrons. The lowest BCUT2D eigenvalue weighted by molar-refractivity contribution is 0.203. The Morgan fingerprint density at radius 3 is 2.58 bits per heavy atom. The van der Waals surface area contributed by atoms with E-state index in [4.69, 9.17) is 0 Å². The van der Waals surface area contributed by atoms with Crippen LogP contribution in [-0.4, -0.2) is 30.8 Å². The average molecular weight is 262 g/mol. The Hall–Kier alpha value is -1.06. The number of nitrogens with one attached hydrogen (secondary N) is 1. The summed E-state index contributed by atoms with van der Waals surface area (Å²) in [6.45, 7) is 7.73. The molecule has 0 spiro atoms. The lowest BCUT2D eigenvalue weighted by Crippen LogP contribution is -2.35. The Bertz CT molecular complexity index is 384. The molecule has 0 amide bonds. The molecule has 0 unspecified atom stereocenters. The first-order valence-electron chi connectivity index (χ1n) is 7.37. The fourth-order valence-corrected chi connectivity index (χ4v) is 2.64. The van der Waals surface area contributed by atoms with Crippen molar-refractivity contribution in [1.29, 1.82) is 0 Å². The van der Waals surface area contributed by atoms with Crippen LogP contribution in [0.15, 0.2) is 24.3 Å². The van der Waals surface area contributed by atoms with Crippen molar-refractivity contribution in [3.63, 3.8) is 0 Å². The van der Waals surface area contributed by atoms with Crippen molar-refractivity contribution >= 4 is 5.69 Å². The van der Waals surface area contributed by atoms with Gasteiger partial charge in [-0.15, -0.1) is 0 Å². The van der Waals surface area contributed by atoms with Gasteiger partial charge in [-0.1, -0.05) is 32.0 Å². The van der Waals surface area contributed by atoms with Gasteiger partial charge in [0.15, 0.2) is 0 Å². The van der Waals surface area contributed by atoms with E-state index in [0.29, 0.717) is 18.6 Å². The zero-order valence-electron chi connectivity index (χ0n) is 12.1. The average Bonchev–Trinajstić information content (AvgIpc) is 2.45. The molecular formula is C16H26N2O. The summed E-state index contributed by atoms with van der Waals surface area (Å²) in [6.07, 6.45) is 2.20. The summed E-state index contributed by atoms with van der Waals surface area (Å²) < 4.78 is 0. The highest BCUT2D eigenvalue weighted by atomic mass is 16.3. The van der Waals surface area contributed by atoms with E-state index in [-0.39, 0.29) is 0 Å². The first-order chi connectivity index (χ1) is 9.20. The molecule has 1 saturated heterocycles. The van der Waals surface area contributed by atoms with Gasteiger partial charge in [0.05, 0.1) is 0 Å². The minimum atomic E-state index is 0.338. The molecule has 19 heavy (non-hydrogen) atoms. The Morgan fingerprint density at radius 1 is 1.26 bits per heavy atom. The lowest BCUT2D eigenvalue weighted by Gasteiger charge is -2.34. The summed E-state index contributed by atoms with van der Waals surface area (Å²) >= 11 is 0. The molecular weight excluding hydrogens is 236 g/mol. The molecule has 1 aromatic rings. The molecule has 0 aromatic heterocycles. The fraction of sp³-hybridized carbons (Fsp3) is 0.625. The van der Waals surface area contributed by atoms with Crippen molar-refractivity contribution in [3.8, 4) is 0 Å². The Balaban J connectivity index is 2.03. The van der Waals surface area contributed by atoms with Crippen LogP contribution in [-0.2, 0) is 6.54 Å². The highest BCUT2D eigenvalue weighted by Gasteiger charge is 2.20. The smallest absolute Gasteiger partial charge is 0.0460 e. The normalized spacial score (nSPS) is 17.2. The van der Waals surface area contributed by atoms with Crippen LogP contribution in [0.2, 0.25) is 0 Å². The van der Waals surface area contributed by atoms with Gasteiger partial charge in [0.2, 0.25) is 0 Å². The van der Waals surface area contributed by atoms with Crippen LogP contribution >= 0.6 is 0 Å². The molecule has 0 radical (unpaired) electrons. The minimum Gasteiger partial charge on any atom is -0.396 e. The van der Waals surface area contributed by atoms with Gasteiger partial charge in [0, 0.05) is 38.0 Å². The highest BCUT2D eigenvalue weighted by molar-refractivity contribution is 5.53. The summed E-state index contributed by atoms with van der Waals surface area (Å²) in [5.74, 6) is 0.497. The number of hydrogen-bond acceptors (Lipinski definition) is 3. The quantitative estimate of drug-likeness (QED) is 0.855. The molecule has 1 aromatic carbocycles. The largest absolute Gasteiger partial charge is 0.396 e. The number of para-hydroxylation sites is 1. The Kier molecular flexibility index (Phi) is 5.23. The molecule has 1 heterocycles. The second kappa shape index (κ2) is 6.92. The fourth-order valence-electron chi connectivity index (χ4n) is 2.64. The topological polar surface area (TPSA) is 35.5 Å². The predicted octanol–water partition coefficient (Wildman–Crippen LogP) is 2.39. The van der Waals surface area contributed by atoms with Crippen LogP contribution in [0.5, 0.6) is 0 Å². The van der Waals surface area contributed by atoms with Crippen LogP contribution in [0.4, 0.5) is 5.69 Å². The molecule has 1 fully saturated rings. The molecule has 0 saturated carbocycles. The van der Waals surface area contributed by atoms with Gasteiger partial charge in [-0.05, 0) is 30.4 Å². The number of piperidine rings is 1. The van der Waals surface area contributed by atoms with Crippen molar-refractivity contribution in [2.45, 2.75) is 39.3 Å². The van der Waals surface area contributed by atoms with E-state index in [2.05, 4.69) is 48.3 Å². The zero-order valence-corrected chi connectivity index (χ0v) is 12.1. The van der Waals surface area contributed by atoms with Crippen molar-refractivity contribution in [3.05, 3.63) is 29.8 Å². The van der Waals surface area contributed by atoms with Crippen LogP contribution in [0.1, 0.15) is 32.3 Å². The summed E-state index contributed by atoms with van der Waals surface area (Å²) in [7, 11) is 0. The summed E-state index contributed by atoms with van der Waals surface area (Å²) in [6, 6.07) is 9.17. The zero-order chi connectivity index (χ0) is 13.7. The van der Waals surface area contributed by atoms with E-state index >= 15 is 0 Å². The molecule has 0 aliphatic carbocycles. The number of anilines is 1. The number of hydrogen-bond donors (Lipinski definition) is 2. The van der Waals surface area contributed by atoms with Crippen LogP contribution in [0.3, 0.4) is 0 Å². The minimum absolute atomic E-state index is 0.338. The monoisotopic (exact) mass is 262 g/mol. The third kappa shape index (κ3) is 3.95. The molecule has 0 atom stereocenters.